The van der Waals surface area contributed by atoms with Crippen molar-refractivity contribution in [1.29, 1.82) is 0 Å². The van der Waals surface area contributed by atoms with Crippen molar-refractivity contribution in [2.75, 3.05) is 32.8 Å². The van der Waals surface area contributed by atoms with Gasteiger partial charge in [-0.3, -0.25) is 9.59 Å². The Balaban J connectivity index is 1.88. The van der Waals surface area contributed by atoms with Gasteiger partial charge in [0, 0.05) is 18.7 Å². The molecule has 1 saturated heterocycles. The maximum absolute atomic E-state index is 13.0. The van der Waals surface area contributed by atoms with E-state index < -0.39 is 17.7 Å². The number of nitrogens with zero attached hydrogens (tertiary/aromatic N) is 2. The third-order valence-corrected chi connectivity index (χ3v) is 6.05. The standard InChI is InChI=1S/C26H34N2O5/c1-4-7-8-17-32-20-13-11-19(12-14-20)24(29)22-23(21-10-9-18-33-21)28(26(31)25(22)30)16-15-27(5-2)6-3/h9-14,18,23,29H,4-8,15-17H2,1-3H3/b24-22-. The van der Waals surface area contributed by atoms with Gasteiger partial charge in [0.1, 0.15) is 23.3 Å². The molecule has 3 rings (SSSR count). The first kappa shape index (κ1) is 24.6. The molecule has 1 aromatic carbocycles. The van der Waals surface area contributed by atoms with Crippen LogP contribution < -0.4 is 4.74 Å². The number of ether oxygens (including phenoxy) is 1. The second kappa shape index (κ2) is 11.7. The van der Waals surface area contributed by atoms with Crippen molar-refractivity contribution in [2.24, 2.45) is 0 Å². The molecule has 7 heteroatoms. The van der Waals surface area contributed by atoms with Crippen molar-refractivity contribution in [3.05, 3.63) is 59.6 Å². The fourth-order valence-electron chi connectivity index (χ4n) is 4.05. The van der Waals surface area contributed by atoms with Crippen LogP contribution in [0, 0.1) is 0 Å². The second-order valence-corrected chi connectivity index (χ2v) is 8.11. The fourth-order valence-corrected chi connectivity index (χ4v) is 4.05. The number of likely N-dealkylation sites (N-methyl/N-ethyl adjacent to an activating group) is 1. The lowest BCUT2D eigenvalue weighted by Crippen LogP contribution is -2.37. The molecule has 1 amide bonds. The Hall–Kier alpha value is -3.06. The highest BCUT2D eigenvalue weighted by atomic mass is 16.5. The zero-order valence-electron chi connectivity index (χ0n) is 19.8. The van der Waals surface area contributed by atoms with Crippen LogP contribution in [0.1, 0.15) is 57.4 Å². The molecule has 0 saturated carbocycles. The zero-order valence-corrected chi connectivity index (χ0v) is 19.8. The van der Waals surface area contributed by atoms with Crippen molar-refractivity contribution >= 4 is 17.4 Å². The highest BCUT2D eigenvalue weighted by molar-refractivity contribution is 6.46. The second-order valence-electron chi connectivity index (χ2n) is 8.11. The Morgan fingerprint density at radius 2 is 1.82 bits per heavy atom. The lowest BCUT2D eigenvalue weighted by atomic mass is 9.99. The number of carbonyl (C=O) groups excluding carboxylic acids is 2. The van der Waals surface area contributed by atoms with Gasteiger partial charge in [-0.2, -0.15) is 0 Å². The quantitative estimate of drug-likeness (QED) is 0.218. The summed E-state index contributed by atoms with van der Waals surface area (Å²) in [5, 5.41) is 11.1. The first-order valence-corrected chi connectivity index (χ1v) is 11.8. The van der Waals surface area contributed by atoms with E-state index in [4.69, 9.17) is 9.15 Å². The maximum atomic E-state index is 13.0. The smallest absolute Gasteiger partial charge is 0.295 e. The Morgan fingerprint density at radius 3 is 2.42 bits per heavy atom. The normalized spacial score (nSPS) is 17.8. The highest BCUT2D eigenvalue weighted by Gasteiger charge is 2.47. The van der Waals surface area contributed by atoms with E-state index in [1.165, 1.54) is 11.2 Å². The van der Waals surface area contributed by atoms with Crippen molar-refractivity contribution < 1.29 is 23.8 Å². The van der Waals surface area contributed by atoms with E-state index in [1.807, 2.05) is 0 Å². The molecule has 1 fully saturated rings. The molecule has 1 atom stereocenters. The molecule has 178 valence electrons. The molecule has 0 spiro atoms. The molecule has 0 aliphatic carbocycles. The molecule has 1 aliphatic rings. The molecule has 0 bridgehead atoms. The van der Waals surface area contributed by atoms with Gasteiger partial charge in [-0.05, 0) is 55.9 Å². The van der Waals surface area contributed by atoms with Crippen LogP contribution >= 0.6 is 0 Å². The van der Waals surface area contributed by atoms with Crippen molar-refractivity contribution in [3.8, 4) is 5.75 Å². The van der Waals surface area contributed by atoms with Crippen molar-refractivity contribution in [3.63, 3.8) is 0 Å². The minimum Gasteiger partial charge on any atom is -0.507 e. The summed E-state index contributed by atoms with van der Waals surface area (Å²) in [5.41, 5.74) is 0.500. The van der Waals surface area contributed by atoms with Gasteiger partial charge in [0.25, 0.3) is 11.7 Å². The largest absolute Gasteiger partial charge is 0.507 e. The summed E-state index contributed by atoms with van der Waals surface area (Å²) in [6, 6.07) is 9.60. The van der Waals surface area contributed by atoms with Crippen LogP contribution in [-0.2, 0) is 9.59 Å². The fraction of sp³-hybridized carbons (Fsp3) is 0.462. The predicted octanol–water partition coefficient (Wildman–Crippen LogP) is 4.61. The molecule has 33 heavy (non-hydrogen) atoms. The highest BCUT2D eigenvalue weighted by Crippen LogP contribution is 2.39. The summed E-state index contributed by atoms with van der Waals surface area (Å²) in [4.78, 5) is 29.6. The Morgan fingerprint density at radius 1 is 1.09 bits per heavy atom. The molecule has 2 aromatic rings. The summed E-state index contributed by atoms with van der Waals surface area (Å²) in [5.74, 6) is -0.386. The third kappa shape index (κ3) is 5.66. The number of unbranched alkanes of at least 4 members (excludes halogenated alkanes) is 2. The number of aliphatic hydroxyl groups excluding tert-OH is 1. The molecule has 1 aromatic heterocycles. The number of aliphatic hydroxyl groups is 1. The van der Waals surface area contributed by atoms with E-state index in [0.717, 1.165) is 32.4 Å². The minimum absolute atomic E-state index is 0.0473. The summed E-state index contributed by atoms with van der Waals surface area (Å²) < 4.78 is 11.3. The van der Waals surface area contributed by atoms with E-state index in [9.17, 15) is 14.7 Å². The average molecular weight is 455 g/mol. The summed E-state index contributed by atoms with van der Waals surface area (Å²) in [7, 11) is 0. The van der Waals surface area contributed by atoms with Crippen LogP contribution in [0.15, 0.2) is 52.7 Å². The van der Waals surface area contributed by atoms with Gasteiger partial charge >= 0.3 is 0 Å². The Labute approximate surface area is 195 Å². The predicted molar refractivity (Wildman–Crippen MR) is 127 cm³/mol. The lowest BCUT2D eigenvalue weighted by molar-refractivity contribution is -0.140. The molecule has 0 radical (unpaired) electrons. The number of furan rings is 1. The first-order chi connectivity index (χ1) is 16.0. The van der Waals surface area contributed by atoms with Crippen LogP contribution in [0.5, 0.6) is 5.75 Å². The number of rotatable bonds is 12. The van der Waals surface area contributed by atoms with Gasteiger partial charge in [0.2, 0.25) is 0 Å². The molecule has 7 nitrogen and oxygen atoms in total. The molecular formula is C26H34N2O5. The van der Waals surface area contributed by atoms with Gasteiger partial charge < -0.3 is 24.1 Å². The zero-order chi connectivity index (χ0) is 23.8. The summed E-state index contributed by atoms with van der Waals surface area (Å²) >= 11 is 0. The number of hydrogen-bond acceptors (Lipinski definition) is 6. The van der Waals surface area contributed by atoms with E-state index in [0.29, 0.717) is 36.8 Å². The monoisotopic (exact) mass is 454 g/mol. The van der Waals surface area contributed by atoms with E-state index >= 15 is 0 Å². The molecule has 1 N–H and O–H groups in total. The van der Waals surface area contributed by atoms with Crippen LogP contribution in [-0.4, -0.2) is 59.4 Å². The van der Waals surface area contributed by atoms with E-state index in [1.54, 1.807) is 36.4 Å². The van der Waals surface area contributed by atoms with E-state index in [2.05, 4.69) is 25.7 Å². The van der Waals surface area contributed by atoms with Crippen molar-refractivity contribution in [2.45, 2.75) is 46.1 Å². The maximum Gasteiger partial charge on any atom is 0.295 e. The minimum atomic E-state index is -0.763. The molecular weight excluding hydrogens is 420 g/mol. The first-order valence-electron chi connectivity index (χ1n) is 11.8. The number of ketones is 1. The Bertz CT molecular complexity index is 946. The lowest BCUT2D eigenvalue weighted by Gasteiger charge is -2.26. The SMILES string of the molecule is CCCCCOc1ccc(/C(O)=C2/C(=O)C(=O)N(CCN(CC)CC)C2c2ccco2)cc1. The summed E-state index contributed by atoms with van der Waals surface area (Å²) in [6.07, 6.45) is 4.72. The van der Waals surface area contributed by atoms with Gasteiger partial charge in [0.05, 0.1) is 18.4 Å². The molecule has 2 heterocycles. The molecule has 1 unspecified atom stereocenters. The number of Topliss-reactive ketones (excluding diaryl/α,β-unsaturated/α-hetero) is 1. The van der Waals surface area contributed by atoms with Crippen molar-refractivity contribution in [1.82, 2.24) is 9.80 Å². The molecule has 1 aliphatic heterocycles. The van der Waals surface area contributed by atoms with Gasteiger partial charge in [-0.15, -0.1) is 0 Å². The average Bonchev–Trinajstić information content (AvgIpc) is 3.45. The number of benzene rings is 1. The Kier molecular flexibility index (Phi) is 8.72. The van der Waals surface area contributed by atoms with Gasteiger partial charge in [-0.25, -0.2) is 0 Å². The van der Waals surface area contributed by atoms with Crippen LogP contribution in [0.4, 0.5) is 0 Å². The van der Waals surface area contributed by atoms with Gasteiger partial charge in [-0.1, -0.05) is 33.6 Å². The number of hydrogen-bond donors (Lipinski definition) is 1. The van der Waals surface area contributed by atoms with E-state index in [-0.39, 0.29) is 11.3 Å². The van der Waals surface area contributed by atoms with Crippen LogP contribution in [0.25, 0.3) is 5.76 Å². The topological polar surface area (TPSA) is 83.2 Å². The van der Waals surface area contributed by atoms with Gasteiger partial charge in [0.15, 0.2) is 0 Å². The number of amides is 1. The number of carbonyl (C=O) groups is 2. The van der Waals surface area contributed by atoms with Crippen LogP contribution in [0.2, 0.25) is 0 Å². The van der Waals surface area contributed by atoms with Crippen LogP contribution in [0.3, 0.4) is 0 Å². The summed E-state index contributed by atoms with van der Waals surface area (Å²) in [6.45, 7) is 9.56. The third-order valence-electron chi connectivity index (χ3n) is 6.05. The number of likely N-dealkylation sites (tertiary alicyclic amines) is 1.